The summed E-state index contributed by atoms with van der Waals surface area (Å²) in [6.45, 7) is 5.95. The summed E-state index contributed by atoms with van der Waals surface area (Å²) in [6.07, 6.45) is 0. The molecular weight excluding hydrogens is 319 g/mol. The molecule has 102 valence electrons. The molecule has 0 fully saturated rings. The summed E-state index contributed by atoms with van der Waals surface area (Å²) in [5.74, 6) is -0.801. The fraction of sp³-hybridized carbons (Fsp3) is 0.538. The van der Waals surface area contributed by atoms with Crippen LogP contribution in [-0.2, 0) is 9.84 Å². The lowest BCUT2D eigenvalue weighted by Crippen LogP contribution is -2.29. The molecule has 0 spiro atoms. The molecule has 1 atom stereocenters. The van der Waals surface area contributed by atoms with Crippen molar-refractivity contribution in [2.45, 2.75) is 25.7 Å². The smallest absolute Gasteiger partial charge is 0.181 e. The van der Waals surface area contributed by atoms with Crippen molar-refractivity contribution in [2.24, 2.45) is 11.3 Å². The molecule has 0 N–H and O–H groups in total. The Morgan fingerprint density at radius 2 is 1.83 bits per heavy atom. The first-order valence-electron chi connectivity index (χ1n) is 5.71. The van der Waals surface area contributed by atoms with Crippen molar-refractivity contribution in [1.29, 1.82) is 0 Å². The third-order valence-corrected chi connectivity index (χ3v) is 5.63. The lowest BCUT2D eigenvalue weighted by molar-refractivity contribution is 0.291. The Morgan fingerprint density at radius 1 is 1.28 bits per heavy atom. The minimum atomic E-state index is -3.59. The van der Waals surface area contributed by atoms with E-state index in [1.807, 2.05) is 20.8 Å². The Bertz CT molecular complexity index is 506. The van der Waals surface area contributed by atoms with Crippen molar-refractivity contribution in [3.05, 3.63) is 30.1 Å². The van der Waals surface area contributed by atoms with Crippen LogP contribution in [0.2, 0.25) is 0 Å². The van der Waals surface area contributed by atoms with Gasteiger partial charge in [-0.3, -0.25) is 0 Å². The summed E-state index contributed by atoms with van der Waals surface area (Å²) >= 11 is 3.34. The molecule has 1 rings (SSSR count). The van der Waals surface area contributed by atoms with E-state index in [-0.39, 0.29) is 22.0 Å². The largest absolute Gasteiger partial charge is 0.224 e. The van der Waals surface area contributed by atoms with Crippen LogP contribution in [0.4, 0.5) is 4.39 Å². The van der Waals surface area contributed by atoms with Crippen molar-refractivity contribution >= 4 is 25.8 Å². The van der Waals surface area contributed by atoms with Gasteiger partial charge in [0.2, 0.25) is 0 Å². The quantitative estimate of drug-likeness (QED) is 0.786. The minimum Gasteiger partial charge on any atom is -0.224 e. The van der Waals surface area contributed by atoms with Crippen LogP contribution in [0.5, 0.6) is 0 Å². The monoisotopic (exact) mass is 336 g/mol. The molecule has 2 nitrogen and oxygen atoms in total. The molecule has 0 bridgehead atoms. The molecule has 0 aliphatic heterocycles. The van der Waals surface area contributed by atoms with Crippen molar-refractivity contribution in [3.63, 3.8) is 0 Å². The number of halogens is 2. The molecule has 1 aromatic rings. The maximum absolute atomic E-state index is 13.5. The predicted molar refractivity (Wildman–Crippen MR) is 75.2 cm³/mol. The first-order valence-corrected chi connectivity index (χ1v) is 8.49. The maximum Gasteiger partial charge on any atom is 0.181 e. The van der Waals surface area contributed by atoms with Gasteiger partial charge < -0.3 is 0 Å². The normalized spacial score (nSPS) is 14.5. The van der Waals surface area contributed by atoms with E-state index < -0.39 is 15.7 Å². The average molecular weight is 337 g/mol. The molecule has 0 aliphatic rings. The Balaban J connectivity index is 3.06. The van der Waals surface area contributed by atoms with E-state index in [0.717, 1.165) is 0 Å². The molecule has 18 heavy (non-hydrogen) atoms. The number of benzene rings is 1. The van der Waals surface area contributed by atoms with Gasteiger partial charge in [-0.2, -0.15) is 0 Å². The van der Waals surface area contributed by atoms with Gasteiger partial charge in [-0.15, -0.1) is 0 Å². The second-order valence-corrected chi connectivity index (χ2v) is 8.08. The van der Waals surface area contributed by atoms with Crippen molar-refractivity contribution in [2.75, 3.05) is 11.1 Å². The summed E-state index contributed by atoms with van der Waals surface area (Å²) in [4.78, 5) is -0.208. The highest BCUT2D eigenvalue weighted by atomic mass is 79.9. The zero-order chi connectivity index (χ0) is 14.0. The molecule has 0 saturated heterocycles. The van der Waals surface area contributed by atoms with E-state index >= 15 is 0 Å². The molecule has 0 amide bonds. The molecule has 1 unspecified atom stereocenters. The SMILES string of the molecule is CC(C)(C)C(CBr)CS(=O)(=O)c1ccccc1F. The zero-order valence-corrected chi connectivity index (χ0v) is 13.2. The summed E-state index contributed by atoms with van der Waals surface area (Å²) in [7, 11) is -3.59. The Morgan fingerprint density at radius 3 is 2.28 bits per heavy atom. The molecule has 0 aromatic heterocycles. The van der Waals surface area contributed by atoms with Gasteiger partial charge >= 0.3 is 0 Å². The van der Waals surface area contributed by atoms with Gasteiger partial charge in [-0.1, -0.05) is 48.8 Å². The van der Waals surface area contributed by atoms with Crippen molar-refractivity contribution in [3.8, 4) is 0 Å². The Labute approximate surface area is 117 Å². The third-order valence-electron chi connectivity index (χ3n) is 3.00. The molecule has 0 aliphatic carbocycles. The summed E-state index contributed by atoms with van der Waals surface area (Å²) in [5, 5.41) is 0.574. The van der Waals surface area contributed by atoms with Crippen LogP contribution in [0.15, 0.2) is 29.2 Å². The molecule has 1 aromatic carbocycles. The topological polar surface area (TPSA) is 34.1 Å². The van der Waals surface area contributed by atoms with Gasteiger partial charge in [-0.05, 0) is 23.5 Å². The molecule has 0 heterocycles. The first kappa shape index (κ1) is 15.6. The van der Waals surface area contributed by atoms with Gasteiger partial charge in [0.1, 0.15) is 10.7 Å². The van der Waals surface area contributed by atoms with E-state index in [4.69, 9.17) is 0 Å². The average Bonchev–Trinajstić information content (AvgIpc) is 2.24. The summed E-state index contributed by atoms with van der Waals surface area (Å²) in [5.41, 5.74) is -0.151. The first-order chi connectivity index (χ1) is 8.18. The van der Waals surface area contributed by atoms with E-state index in [1.165, 1.54) is 24.3 Å². The third kappa shape index (κ3) is 3.79. The minimum absolute atomic E-state index is 0.0529. The second kappa shape index (κ2) is 5.70. The van der Waals surface area contributed by atoms with E-state index in [1.54, 1.807) is 0 Å². The lowest BCUT2D eigenvalue weighted by atomic mass is 9.83. The highest BCUT2D eigenvalue weighted by molar-refractivity contribution is 9.09. The van der Waals surface area contributed by atoms with Crippen LogP contribution >= 0.6 is 15.9 Å². The molecule has 0 saturated carbocycles. The Kier molecular flexibility index (Phi) is 4.95. The number of alkyl halides is 1. The van der Waals surface area contributed by atoms with Crippen LogP contribution in [0.1, 0.15) is 20.8 Å². The standard InChI is InChI=1S/C13H18BrFO2S/c1-13(2,3)10(8-14)9-18(16,17)12-7-5-4-6-11(12)15/h4-7,10H,8-9H2,1-3H3. The number of hydrogen-bond donors (Lipinski definition) is 0. The van der Waals surface area contributed by atoms with Crippen molar-refractivity contribution in [1.82, 2.24) is 0 Å². The number of sulfone groups is 1. The Hall–Kier alpha value is -0.420. The van der Waals surface area contributed by atoms with Crippen molar-refractivity contribution < 1.29 is 12.8 Å². The molecular formula is C13H18BrFO2S. The van der Waals surface area contributed by atoms with Crippen LogP contribution in [0.25, 0.3) is 0 Å². The van der Waals surface area contributed by atoms with Crippen LogP contribution in [0.3, 0.4) is 0 Å². The van der Waals surface area contributed by atoms with Crippen LogP contribution < -0.4 is 0 Å². The molecule has 5 heteroatoms. The maximum atomic E-state index is 13.5. The fourth-order valence-electron chi connectivity index (χ4n) is 1.58. The van der Waals surface area contributed by atoms with Gasteiger partial charge in [-0.25, -0.2) is 12.8 Å². The zero-order valence-electron chi connectivity index (χ0n) is 10.8. The number of hydrogen-bond acceptors (Lipinski definition) is 2. The highest BCUT2D eigenvalue weighted by Gasteiger charge is 2.30. The van der Waals surface area contributed by atoms with Crippen LogP contribution in [0, 0.1) is 17.2 Å². The molecule has 0 radical (unpaired) electrons. The highest BCUT2D eigenvalue weighted by Crippen LogP contribution is 2.30. The lowest BCUT2D eigenvalue weighted by Gasteiger charge is -2.28. The van der Waals surface area contributed by atoms with Gasteiger partial charge in [0.25, 0.3) is 0 Å². The predicted octanol–water partition coefficient (Wildman–Crippen LogP) is 3.66. The van der Waals surface area contributed by atoms with E-state index in [0.29, 0.717) is 5.33 Å². The fourth-order valence-corrected chi connectivity index (χ4v) is 5.06. The van der Waals surface area contributed by atoms with Gasteiger partial charge in [0.15, 0.2) is 9.84 Å². The summed E-state index contributed by atoms with van der Waals surface area (Å²) in [6, 6.07) is 5.52. The number of rotatable bonds is 4. The van der Waals surface area contributed by atoms with Gasteiger partial charge in [0, 0.05) is 5.33 Å². The van der Waals surface area contributed by atoms with Gasteiger partial charge in [0.05, 0.1) is 5.75 Å². The van der Waals surface area contributed by atoms with Crippen LogP contribution in [-0.4, -0.2) is 19.5 Å². The second-order valence-electron chi connectivity index (χ2n) is 5.43. The summed E-state index contributed by atoms with van der Waals surface area (Å²) < 4.78 is 38.0. The van der Waals surface area contributed by atoms with E-state index in [9.17, 15) is 12.8 Å². The van der Waals surface area contributed by atoms with E-state index in [2.05, 4.69) is 15.9 Å².